The molecule has 0 aromatic heterocycles. The second-order valence-corrected chi connectivity index (χ2v) is 4.04. The van der Waals surface area contributed by atoms with Crippen LogP contribution in [-0.4, -0.2) is 7.11 Å². The third-order valence-electron chi connectivity index (χ3n) is 2.70. The summed E-state index contributed by atoms with van der Waals surface area (Å²) in [4.78, 5) is 0. The van der Waals surface area contributed by atoms with Gasteiger partial charge in [-0.1, -0.05) is 0 Å². The highest BCUT2D eigenvalue weighted by Crippen LogP contribution is 2.26. The minimum atomic E-state index is -0.298. The van der Waals surface area contributed by atoms with Crippen molar-refractivity contribution < 1.29 is 9.13 Å². The lowest BCUT2D eigenvalue weighted by molar-refractivity contribution is 0.415. The first kappa shape index (κ1) is 12.2. The lowest BCUT2D eigenvalue weighted by atomic mass is 10.1. The molecule has 94 valence electrons. The summed E-state index contributed by atoms with van der Waals surface area (Å²) in [5.74, 6) is 0.483. The number of anilines is 3. The number of hydrogen-bond acceptors (Lipinski definition) is 3. The van der Waals surface area contributed by atoms with Gasteiger partial charge in [0.05, 0.1) is 18.5 Å². The molecule has 0 bridgehead atoms. The Balaban J connectivity index is 2.25. The molecule has 0 saturated heterocycles. The Labute approximate surface area is 105 Å². The van der Waals surface area contributed by atoms with Gasteiger partial charge in [-0.3, -0.25) is 0 Å². The van der Waals surface area contributed by atoms with Crippen LogP contribution in [0.3, 0.4) is 0 Å². The molecule has 18 heavy (non-hydrogen) atoms. The fourth-order valence-electron chi connectivity index (χ4n) is 1.64. The molecule has 0 aliphatic heterocycles. The van der Waals surface area contributed by atoms with E-state index < -0.39 is 0 Å². The van der Waals surface area contributed by atoms with Gasteiger partial charge in [-0.15, -0.1) is 0 Å². The zero-order valence-electron chi connectivity index (χ0n) is 10.3. The van der Waals surface area contributed by atoms with Crippen LogP contribution < -0.4 is 15.8 Å². The largest absolute Gasteiger partial charge is 0.497 e. The maximum Gasteiger partial charge on any atom is 0.128 e. The minimum Gasteiger partial charge on any atom is -0.497 e. The Hall–Kier alpha value is -2.23. The highest BCUT2D eigenvalue weighted by molar-refractivity contribution is 5.73. The Bertz CT molecular complexity index is 552. The van der Waals surface area contributed by atoms with E-state index in [0.717, 1.165) is 11.4 Å². The van der Waals surface area contributed by atoms with Crippen molar-refractivity contribution in [3.05, 3.63) is 47.8 Å². The predicted molar refractivity (Wildman–Crippen MR) is 71.8 cm³/mol. The number of ether oxygens (including phenoxy) is 1. The molecule has 0 atom stereocenters. The number of nitrogens with one attached hydrogen (secondary N) is 1. The van der Waals surface area contributed by atoms with E-state index in [1.807, 2.05) is 24.3 Å². The van der Waals surface area contributed by atoms with Gasteiger partial charge < -0.3 is 15.8 Å². The lowest BCUT2D eigenvalue weighted by Crippen LogP contribution is -1.98. The average Bonchev–Trinajstić information content (AvgIpc) is 2.37. The Morgan fingerprint density at radius 3 is 2.44 bits per heavy atom. The molecule has 2 rings (SSSR count). The van der Waals surface area contributed by atoms with E-state index in [1.54, 1.807) is 20.1 Å². The fraction of sp³-hybridized carbons (Fsp3) is 0.143. The molecule has 0 radical (unpaired) electrons. The molecule has 0 aliphatic carbocycles. The number of benzene rings is 2. The summed E-state index contributed by atoms with van der Waals surface area (Å²) < 4.78 is 18.3. The smallest absolute Gasteiger partial charge is 0.128 e. The predicted octanol–water partition coefficient (Wildman–Crippen LogP) is 3.47. The summed E-state index contributed by atoms with van der Waals surface area (Å²) in [7, 11) is 1.61. The first-order valence-electron chi connectivity index (χ1n) is 5.57. The quantitative estimate of drug-likeness (QED) is 0.815. The maximum absolute atomic E-state index is 13.3. The second-order valence-electron chi connectivity index (χ2n) is 4.04. The van der Waals surface area contributed by atoms with E-state index in [4.69, 9.17) is 10.5 Å². The van der Waals surface area contributed by atoms with Gasteiger partial charge in [0.25, 0.3) is 0 Å². The van der Waals surface area contributed by atoms with E-state index >= 15 is 0 Å². The normalized spacial score (nSPS) is 10.2. The van der Waals surface area contributed by atoms with Gasteiger partial charge in [-0.2, -0.15) is 0 Å². The van der Waals surface area contributed by atoms with Gasteiger partial charge >= 0.3 is 0 Å². The highest BCUT2D eigenvalue weighted by atomic mass is 19.1. The number of nitrogens with two attached hydrogens (primary N) is 1. The lowest BCUT2D eigenvalue weighted by Gasteiger charge is -2.11. The number of nitrogen functional groups attached to an aromatic ring is 1. The van der Waals surface area contributed by atoms with Gasteiger partial charge in [0.2, 0.25) is 0 Å². The fourth-order valence-corrected chi connectivity index (χ4v) is 1.64. The van der Waals surface area contributed by atoms with Crippen molar-refractivity contribution in [3.63, 3.8) is 0 Å². The summed E-state index contributed by atoms with van der Waals surface area (Å²) in [6.45, 7) is 1.70. The molecule has 0 spiro atoms. The summed E-state index contributed by atoms with van der Waals surface area (Å²) in [6, 6.07) is 10.4. The van der Waals surface area contributed by atoms with Crippen molar-refractivity contribution in [2.24, 2.45) is 0 Å². The van der Waals surface area contributed by atoms with Gasteiger partial charge in [0, 0.05) is 5.69 Å². The Kier molecular flexibility index (Phi) is 3.37. The van der Waals surface area contributed by atoms with Crippen LogP contribution in [0.5, 0.6) is 5.75 Å². The van der Waals surface area contributed by atoms with Crippen molar-refractivity contribution in [3.8, 4) is 5.75 Å². The monoisotopic (exact) mass is 246 g/mol. The number of methoxy groups -OCH3 is 1. The number of aryl methyl sites for hydroxylation is 1. The zero-order valence-corrected chi connectivity index (χ0v) is 10.3. The van der Waals surface area contributed by atoms with Crippen LogP contribution in [0.1, 0.15) is 5.56 Å². The Morgan fingerprint density at radius 2 is 1.83 bits per heavy atom. The topological polar surface area (TPSA) is 47.3 Å². The molecule has 0 unspecified atom stereocenters. The third kappa shape index (κ3) is 2.53. The molecular formula is C14H15FN2O. The summed E-state index contributed by atoms with van der Waals surface area (Å²) in [5, 5.41) is 3.14. The molecule has 0 aliphatic rings. The van der Waals surface area contributed by atoms with Crippen molar-refractivity contribution in [1.82, 2.24) is 0 Å². The molecule has 0 amide bonds. The molecule has 0 fully saturated rings. The number of halogens is 1. The van der Waals surface area contributed by atoms with Crippen LogP contribution in [0.15, 0.2) is 36.4 Å². The highest BCUT2D eigenvalue weighted by Gasteiger charge is 2.05. The van der Waals surface area contributed by atoms with Gasteiger partial charge in [-0.25, -0.2) is 4.39 Å². The van der Waals surface area contributed by atoms with Crippen molar-refractivity contribution in [2.75, 3.05) is 18.2 Å². The van der Waals surface area contributed by atoms with Gasteiger partial charge in [0.1, 0.15) is 11.6 Å². The van der Waals surface area contributed by atoms with E-state index in [0.29, 0.717) is 16.9 Å². The molecule has 2 aromatic carbocycles. The average molecular weight is 246 g/mol. The Morgan fingerprint density at radius 1 is 1.17 bits per heavy atom. The standard InChI is InChI=1S/C14H15FN2O/c1-9-7-14(13(16)8-12(9)15)17-10-3-5-11(18-2)6-4-10/h3-8,17H,16H2,1-2H3. The molecule has 0 heterocycles. The van der Waals surface area contributed by atoms with Gasteiger partial charge in [-0.05, 0) is 48.9 Å². The molecule has 4 heteroatoms. The minimum absolute atomic E-state index is 0.298. The van der Waals surface area contributed by atoms with Crippen molar-refractivity contribution >= 4 is 17.1 Å². The third-order valence-corrected chi connectivity index (χ3v) is 2.70. The maximum atomic E-state index is 13.3. The molecule has 3 N–H and O–H groups in total. The first-order chi connectivity index (χ1) is 8.60. The molecule has 3 nitrogen and oxygen atoms in total. The zero-order chi connectivity index (χ0) is 13.1. The van der Waals surface area contributed by atoms with E-state index in [2.05, 4.69) is 5.32 Å². The number of hydrogen-bond donors (Lipinski definition) is 2. The summed E-state index contributed by atoms with van der Waals surface area (Å²) in [6.07, 6.45) is 0. The van der Waals surface area contributed by atoms with E-state index in [1.165, 1.54) is 6.07 Å². The number of rotatable bonds is 3. The van der Waals surface area contributed by atoms with E-state index in [9.17, 15) is 4.39 Å². The SMILES string of the molecule is COc1ccc(Nc2cc(C)c(F)cc2N)cc1. The van der Waals surface area contributed by atoms with Crippen LogP contribution >= 0.6 is 0 Å². The van der Waals surface area contributed by atoms with Crippen molar-refractivity contribution in [1.29, 1.82) is 0 Å². The van der Waals surface area contributed by atoms with Crippen LogP contribution in [0, 0.1) is 12.7 Å². The molecule has 0 saturated carbocycles. The van der Waals surface area contributed by atoms with Gasteiger partial charge in [0.15, 0.2) is 0 Å². The summed E-state index contributed by atoms with van der Waals surface area (Å²) in [5.41, 5.74) is 8.27. The van der Waals surface area contributed by atoms with Crippen LogP contribution in [0.4, 0.5) is 21.5 Å². The van der Waals surface area contributed by atoms with Crippen LogP contribution in [-0.2, 0) is 0 Å². The first-order valence-corrected chi connectivity index (χ1v) is 5.57. The van der Waals surface area contributed by atoms with Crippen molar-refractivity contribution in [2.45, 2.75) is 6.92 Å². The summed E-state index contributed by atoms with van der Waals surface area (Å²) >= 11 is 0. The molecular weight excluding hydrogens is 231 g/mol. The van der Waals surface area contributed by atoms with E-state index in [-0.39, 0.29) is 5.82 Å². The molecule has 2 aromatic rings. The second kappa shape index (κ2) is 4.96. The van der Waals surface area contributed by atoms with Crippen LogP contribution in [0.25, 0.3) is 0 Å². The van der Waals surface area contributed by atoms with Crippen LogP contribution in [0.2, 0.25) is 0 Å².